The summed E-state index contributed by atoms with van der Waals surface area (Å²) in [5.41, 5.74) is 1.68. The summed E-state index contributed by atoms with van der Waals surface area (Å²) in [7, 11) is 0. The highest BCUT2D eigenvalue weighted by atomic mass is 16.6. The molecule has 0 saturated carbocycles. The first-order valence-corrected chi connectivity index (χ1v) is 6.76. The van der Waals surface area contributed by atoms with Crippen LogP contribution >= 0.6 is 0 Å². The van der Waals surface area contributed by atoms with Gasteiger partial charge in [-0.15, -0.1) is 0 Å². The maximum atomic E-state index is 12.0. The molecule has 1 aliphatic rings. The van der Waals surface area contributed by atoms with Gasteiger partial charge in [0.15, 0.2) is 12.2 Å². The molecule has 0 aromatic heterocycles. The topological polar surface area (TPSA) is 64.6 Å². The molecule has 1 aromatic carbocycles. The number of rotatable bonds is 4. The predicted molar refractivity (Wildman–Crippen MR) is 74.3 cm³/mol. The van der Waals surface area contributed by atoms with Gasteiger partial charge < -0.3 is 14.8 Å². The van der Waals surface area contributed by atoms with Crippen LogP contribution in [0.4, 0.5) is 5.69 Å². The summed E-state index contributed by atoms with van der Waals surface area (Å²) in [6.07, 6.45) is 0.143. The summed E-state index contributed by atoms with van der Waals surface area (Å²) >= 11 is 0. The molecule has 1 aromatic rings. The zero-order valence-corrected chi connectivity index (χ0v) is 11.7. The van der Waals surface area contributed by atoms with Crippen LogP contribution < -0.4 is 5.32 Å². The number of aryl methyl sites for hydroxylation is 1. The minimum atomic E-state index is -0.841. The fourth-order valence-electron chi connectivity index (χ4n) is 2.01. The van der Waals surface area contributed by atoms with E-state index in [4.69, 9.17) is 9.47 Å². The Morgan fingerprint density at radius 2 is 2.15 bits per heavy atom. The first kappa shape index (κ1) is 14.5. The van der Waals surface area contributed by atoms with Crippen LogP contribution in [0.1, 0.15) is 25.3 Å². The van der Waals surface area contributed by atoms with Crippen molar-refractivity contribution in [3.63, 3.8) is 0 Å². The molecule has 1 fully saturated rings. The van der Waals surface area contributed by atoms with Crippen molar-refractivity contribution in [3.8, 4) is 0 Å². The summed E-state index contributed by atoms with van der Waals surface area (Å²) < 4.78 is 10.4. The largest absolute Gasteiger partial charge is 0.451 e. The number of carbonyl (C=O) groups excluding carboxylic acids is 2. The molecular formula is C15H19NO4. The Balaban J connectivity index is 1.88. The summed E-state index contributed by atoms with van der Waals surface area (Å²) in [5.74, 6) is -0.805. The van der Waals surface area contributed by atoms with Crippen molar-refractivity contribution in [3.05, 3.63) is 29.8 Å². The number of ether oxygens (including phenoxy) is 2. The molecule has 1 amide bonds. The monoisotopic (exact) mass is 277 g/mol. The van der Waals surface area contributed by atoms with Crippen molar-refractivity contribution in [1.82, 2.24) is 0 Å². The van der Waals surface area contributed by atoms with Gasteiger partial charge in [-0.2, -0.15) is 0 Å². The van der Waals surface area contributed by atoms with E-state index in [2.05, 4.69) is 5.32 Å². The highest BCUT2D eigenvalue weighted by molar-refractivity contribution is 5.95. The Bertz CT molecular complexity index is 494. The van der Waals surface area contributed by atoms with Gasteiger partial charge in [0.1, 0.15) is 0 Å². The van der Waals surface area contributed by atoms with Crippen molar-refractivity contribution < 1.29 is 19.1 Å². The normalized spacial score (nSPS) is 19.4. The lowest BCUT2D eigenvalue weighted by Crippen LogP contribution is -2.34. The zero-order valence-electron chi connectivity index (χ0n) is 11.7. The lowest BCUT2D eigenvalue weighted by atomic mass is 10.2. The van der Waals surface area contributed by atoms with Crippen molar-refractivity contribution in [2.75, 3.05) is 11.9 Å². The van der Waals surface area contributed by atoms with Crippen LogP contribution in [0.15, 0.2) is 24.3 Å². The second-order valence-corrected chi connectivity index (χ2v) is 4.88. The second kappa shape index (κ2) is 6.52. The molecule has 1 saturated heterocycles. The van der Waals surface area contributed by atoms with Gasteiger partial charge in [0, 0.05) is 12.3 Å². The fraction of sp³-hybridized carbons (Fsp3) is 0.467. The lowest BCUT2D eigenvalue weighted by molar-refractivity contribution is -0.162. The first-order chi connectivity index (χ1) is 9.58. The molecule has 5 nitrogen and oxygen atoms in total. The van der Waals surface area contributed by atoms with Gasteiger partial charge >= 0.3 is 5.97 Å². The van der Waals surface area contributed by atoms with E-state index in [1.165, 1.54) is 0 Å². The lowest BCUT2D eigenvalue weighted by Gasteiger charge is -2.16. The summed E-state index contributed by atoms with van der Waals surface area (Å²) in [4.78, 5) is 23.7. The molecular weight excluding hydrogens is 258 g/mol. The van der Waals surface area contributed by atoms with Crippen LogP contribution in [0, 0.1) is 6.92 Å². The Kier molecular flexibility index (Phi) is 4.74. The fourth-order valence-corrected chi connectivity index (χ4v) is 2.01. The third-order valence-electron chi connectivity index (χ3n) is 3.26. The molecule has 0 bridgehead atoms. The van der Waals surface area contributed by atoms with Crippen molar-refractivity contribution in [2.24, 2.45) is 0 Å². The van der Waals surface area contributed by atoms with Crippen LogP contribution in [0.3, 0.4) is 0 Å². The molecule has 0 unspecified atom stereocenters. The molecule has 0 aliphatic carbocycles. The molecule has 1 heterocycles. The average molecular weight is 277 g/mol. The number of carbonyl (C=O) groups is 2. The smallest absolute Gasteiger partial charge is 0.336 e. The van der Waals surface area contributed by atoms with E-state index < -0.39 is 18.2 Å². The second-order valence-electron chi connectivity index (χ2n) is 4.88. The van der Waals surface area contributed by atoms with Gasteiger partial charge in [-0.3, -0.25) is 4.79 Å². The average Bonchev–Trinajstić information content (AvgIpc) is 2.95. The highest BCUT2D eigenvalue weighted by Gasteiger charge is 2.28. The number of para-hydroxylation sites is 1. The molecule has 5 heteroatoms. The SMILES string of the molecule is Cc1ccccc1NC(=O)[C@@H](C)OC(=O)[C@@H]1CCCO1. The molecule has 20 heavy (non-hydrogen) atoms. The molecule has 0 spiro atoms. The summed E-state index contributed by atoms with van der Waals surface area (Å²) in [6.45, 7) is 4.03. The molecule has 1 N–H and O–H groups in total. The van der Waals surface area contributed by atoms with E-state index in [1.807, 2.05) is 31.2 Å². The van der Waals surface area contributed by atoms with E-state index in [9.17, 15) is 9.59 Å². The van der Waals surface area contributed by atoms with E-state index in [0.717, 1.165) is 17.7 Å². The Morgan fingerprint density at radius 1 is 1.40 bits per heavy atom. The number of amides is 1. The quantitative estimate of drug-likeness (QED) is 0.855. The zero-order chi connectivity index (χ0) is 14.5. The molecule has 0 radical (unpaired) electrons. The maximum absolute atomic E-state index is 12.0. The number of benzene rings is 1. The minimum Gasteiger partial charge on any atom is -0.451 e. The minimum absolute atomic E-state index is 0.342. The van der Waals surface area contributed by atoms with Crippen LogP contribution in [0.25, 0.3) is 0 Å². The Hall–Kier alpha value is -1.88. The number of anilines is 1. The Morgan fingerprint density at radius 3 is 2.80 bits per heavy atom. The third-order valence-corrected chi connectivity index (χ3v) is 3.26. The van der Waals surface area contributed by atoms with E-state index >= 15 is 0 Å². The van der Waals surface area contributed by atoms with Crippen LogP contribution in [-0.4, -0.2) is 30.7 Å². The standard InChI is InChI=1S/C15H19NO4/c1-10-6-3-4-7-12(10)16-14(17)11(2)20-15(18)13-8-5-9-19-13/h3-4,6-7,11,13H,5,8-9H2,1-2H3,(H,16,17)/t11-,13+/m1/s1. The van der Waals surface area contributed by atoms with E-state index in [1.54, 1.807) is 6.92 Å². The van der Waals surface area contributed by atoms with Crippen LogP contribution in [0.5, 0.6) is 0 Å². The molecule has 2 atom stereocenters. The number of esters is 1. The van der Waals surface area contributed by atoms with Gasteiger partial charge in [-0.05, 0) is 38.3 Å². The first-order valence-electron chi connectivity index (χ1n) is 6.76. The molecule has 1 aliphatic heterocycles. The van der Waals surface area contributed by atoms with Gasteiger partial charge in [0.05, 0.1) is 0 Å². The van der Waals surface area contributed by atoms with E-state index in [0.29, 0.717) is 13.0 Å². The number of hydrogen-bond donors (Lipinski definition) is 1. The van der Waals surface area contributed by atoms with Crippen molar-refractivity contribution in [2.45, 2.75) is 38.9 Å². The summed E-state index contributed by atoms with van der Waals surface area (Å²) in [6, 6.07) is 7.44. The predicted octanol–water partition coefficient (Wildman–Crippen LogP) is 2.04. The van der Waals surface area contributed by atoms with Crippen LogP contribution in [0.2, 0.25) is 0 Å². The highest BCUT2D eigenvalue weighted by Crippen LogP contribution is 2.16. The molecule has 2 rings (SSSR count). The maximum Gasteiger partial charge on any atom is 0.336 e. The van der Waals surface area contributed by atoms with Crippen LogP contribution in [-0.2, 0) is 19.1 Å². The van der Waals surface area contributed by atoms with Gasteiger partial charge in [0.2, 0.25) is 0 Å². The Labute approximate surface area is 118 Å². The summed E-state index contributed by atoms with van der Waals surface area (Å²) in [5, 5.41) is 2.75. The van der Waals surface area contributed by atoms with E-state index in [-0.39, 0.29) is 5.91 Å². The number of hydrogen-bond acceptors (Lipinski definition) is 4. The van der Waals surface area contributed by atoms with Crippen molar-refractivity contribution in [1.29, 1.82) is 0 Å². The third kappa shape index (κ3) is 3.57. The van der Waals surface area contributed by atoms with Gasteiger partial charge in [0.25, 0.3) is 5.91 Å². The number of nitrogens with one attached hydrogen (secondary N) is 1. The van der Waals surface area contributed by atoms with Gasteiger partial charge in [-0.1, -0.05) is 18.2 Å². The van der Waals surface area contributed by atoms with Gasteiger partial charge in [-0.25, -0.2) is 4.79 Å². The van der Waals surface area contributed by atoms with Crippen molar-refractivity contribution >= 4 is 17.6 Å². The molecule has 108 valence electrons.